The Balaban J connectivity index is 1.51. The first-order valence-electron chi connectivity index (χ1n) is 11.1. The maximum Gasteiger partial charge on any atom is 0.300 e. The molecule has 3 aromatic heterocycles. The molecule has 0 spiro atoms. The fourth-order valence-corrected chi connectivity index (χ4v) is 5.50. The maximum atomic E-state index is 13.7. The quantitative estimate of drug-likeness (QED) is 0.377. The number of hydrogen-bond donors (Lipinski definition) is 2. The Bertz CT molecular complexity index is 1530. The Morgan fingerprint density at radius 1 is 1.31 bits per heavy atom. The fourth-order valence-electron chi connectivity index (χ4n) is 4.06. The van der Waals surface area contributed by atoms with Crippen LogP contribution in [0.1, 0.15) is 20.8 Å². The van der Waals surface area contributed by atoms with Crippen LogP contribution in [-0.4, -0.2) is 58.7 Å². The number of fused-ring (bicyclic) bond motifs is 1. The van der Waals surface area contributed by atoms with Gasteiger partial charge in [-0.25, -0.2) is 14.4 Å². The third-order valence-corrected chi connectivity index (χ3v) is 7.47. The predicted molar refractivity (Wildman–Crippen MR) is 138 cm³/mol. The average Bonchev–Trinajstić information content (AvgIpc) is 3.35. The van der Waals surface area contributed by atoms with Gasteiger partial charge in [-0.3, -0.25) is 14.0 Å². The molecule has 1 aliphatic rings. The second kappa shape index (κ2) is 9.96. The van der Waals surface area contributed by atoms with Crippen molar-refractivity contribution in [2.45, 2.75) is 6.42 Å². The van der Waals surface area contributed by atoms with Gasteiger partial charge in [0, 0.05) is 49.4 Å². The van der Waals surface area contributed by atoms with Crippen LogP contribution in [0.25, 0.3) is 16.3 Å². The molecule has 5 rings (SSSR count). The van der Waals surface area contributed by atoms with Gasteiger partial charge >= 0.3 is 5.56 Å². The molecule has 1 saturated heterocycles. The van der Waals surface area contributed by atoms with Crippen molar-refractivity contribution in [3.63, 3.8) is 0 Å². The second-order valence-electron chi connectivity index (χ2n) is 8.14. The van der Waals surface area contributed by atoms with E-state index in [9.17, 15) is 19.1 Å². The zero-order valence-corrected chi connectivity index (χ0v) is 21.5. The molecule has 1 aromatic carbocycles. The van der Waals surface area contributed by atoms with Gasteiger partial charge in [0.2, 0.25) is 5.75 Å². The molecule has 2 N–H and O–H groups in total. The number of benzene rings is 1. The number of halogens is 2. The zero-order valence-electron chi connectivity index (χ0n) is 19.1. The van der Waals surface area contributed by atoms with Crippen molar-refractivity contribution in [1.29, 1.82) is 0 Å². The highest BCUT2D eigenvalue weighted by Crippen LogP contribution is 2.32. The van der Waals surface area contributed by atoms with E-state index in [2.05, 4.69) is 36.1 Å². The summed E-state index contributed by atoms with van der Waals surface area (Å²) in [6.07, 6.45) is 3.57. The summed E-state index contributed by atoms with van der Waals surface area (Å²) in [4.78, 5) is 37.0. The third-order valence-electron chi connectivity index (χ3n) is 5.88. The van der Waals surface area contributed by atoms with Crippen LogP contribution in [0.3, 0.4) is 0 Å². The largest absolute Gasteiger partial charge is 0.501 e. The lowest BCUT2D eigenvalue weighted by atomic mass is 10.0. The number of carbonyl (C=O) groups excluding carboxylic acids is 1. The van der Waals surface area contributed by atoms with Crippen LogP contribution < -0.4 is 15.8 Å². The maximum absolute atomic E-state index is 13.7. The minimum Gasteiger partial charge on any atom is -0.501 e. The van der Waals surface area contributed by atoms with Crippen LogP contribution in [-0.2, 0) is 11.2 Å². The molecule has 1 fully saturated rings. The topological polar surface area (TPSA) is 109 Å². The first-order valence-corrected chi connectivity index (χ1v) is 12.7. The summed E-state index contributed by atoms with van der Waals surface area (Å²) in [5.41, 5.74) is 1.49. The molecule has 0 atom stereocenters. The number of nitrogens with one attached hydrogen (secondary N) is 1. The SMILES string of the molecule is CNC(=O)c1cc(F)ccc1Cc1cnc(-c2nc3c(Br)cc(N4CCOCC4)cn3c(=O)c2O)s1. The van der Waals surface area contributed by atoms with Crippen molar-refractivity contribution < 1.29 is 19.0 Å². The number of rotatable bonds is 5. The summed E-state index contributed by atoms with van der Waals surface area (Å²) in [5.74, 6) is -1.40. The monoisotopic (exact) mass is 573 g/mol. The normalized spacial score (nSPS) is 13.8. The molecule has 4 aromatic rings. The molecule has 0 bridgehead atoms. The van der Waals surface area contributed by atoms with E-state index in [4.69, 9.17) is 4.74 Å². The van der Waals surface area contributed by atoms with E-state index in [1.165, 1.54) is 34.9 Å². The van der Waals surface area contributed by atoms with Crippen LogP contribution in [0.4, 0.5) is 10.1 Å². The standard InChI is InChI=1S/C24H21BrFN5O4S/c1-27-22(33)17-9-14(26)3-2-13(17)8-16-11-28-23(36-16)19-20(32)24(34)31-12-15(10-18(25)21(31)29-19)30-4-6-35-7-5-30/h2-3,9-12,32H,4-8H2,1H3,(H,27,33). The van der Waals surface area contributed by atoms with E-state index in [0.29, 0.717) is 53.4 Å². The molecule has 0 saturated carbocycles. The molecule has 1 aliphatic heterocycles. The van der Waals surface area contributed by atoms with Crippen molar-refractivity contribution in [3.8, 4) is 16.5 Å². The summed E-state index contributed by atoms with van der Waals surface area (Å²) in [7, 11) is 1.48. The Labute approximate surface area is 217 Å². The highest BCUT2D eigenvalue weighted by molar-refractivity contribution is 9.10. The van der Waals surface area contributed by atoms with Crippen LogP contribution >= 0.6 is 27.3 Å². The van der Waals surface area contributed by atoms with Crippen molar-refractivity contribution in [3.05, 3.63) is 73.3 Å². The van der Waals surface area contributed by atoms with Crippen molar-refractivity contribution in [2.24, 2.45) is 0 Å². The summed E-state index contributed by atoms with van der Waals surface area (Å²) in [6.45, 7) is 2.59. The summed E-state index contributed by atoms with van der Waals surface area (Å²) < 4.78 is 21.0. The first-order chi connectivity index (χ1) is 17.4. The number of aromatic nitrogens is 3. The van der Waals surface area contributed by atoms with Crippen LogP contribution in [0.2, 0.25) is 0 Å². The molecule has 1 amide bonds. The van der Waals surface area contributed by atoms with Crippen molar-refractivity contribution in [2.75, 3.05) is 38.3 Å². The predicted octanol–water partition coefficient (Wildman–Crippen LogP) is 3.21. The van der Waals surface area contributed by atoms with Crippen molar-refractivity contribution >= 4 is 44.5 Å². The number of hydrogen-bond acceptors (Lipinski definition) is 8. The molecular weight excluding hydrogens is 553 g/mol. The van der Waals surface area contributed by atoms with E-state index < -0.39 is 23.0 Å². The van der Waals surface area contributed by atoms with Crippen LogP contribution in [0, 0.1) is 5.82 Å². The number of morpholine rings is 1. The van der Waals surface area contributed by atoms with Crippen LogP contribution in [0.15, 0.2) is 45.9 Å². The number of anilines is 1. The number of thiazole rings is 1. The lowest BCUT2D eigenvalue weighted by molar-refractivity contribution is 0.0962. The summed E-state index contributed by atoms with van der Waals surface area (Å²) >= 11 is 4.75. The Hall–Kier alpha value is -3.35. The molecule has 0 unspecified atom stereocenters. The lowest BCUT2D eigenvalue weighted by Crippen LogP contribution is -2.36. The number of pyridine rings is 1. The number of carbonyl (C=O) groups is 1. The van der Waals surface area contributed by atoms with Crippen LogP contribution in [0.5, 0.6) is 5.75 Å². The molecule has 12 heteroatoms. The lowest BCUT2D eigenvalue weighted by Gasteiger charge is -2.29. The molecule has 4 heterocycles. The van der Waals surface area contributed by atoms with Gasteiger partial charge in [-0.1, -0.05) is 6.07 Å². The summed E-state index contributed by atoms with van der Waals surface area (Å²) in [5, 5.41) is 13.6. The number of aromatic hydroxyl groups is 1. The number of amides is 1. The van der Waals surface area contributed by atoms with Gasteiger partial charge in [0.15, 0.2) is 5.65 Å². The van der Waals surface area contributed by atoms with E-state index in [0.717, 1.165) is 10.6 Å². The number of ether oxygens (including phenoxy) is 1. The van der Waals surface area contributed by atoms with Crippen molar-refractivity contribution in [1.82, 2.24) is 19.7 Å². The summed E-state index contributed by atoms with van der Waals surface area (Å²) in [6, 6.07) is 5.93. The van der Waals surface area contributed by atoms with Gasteiger partial charge in [-0.05, 0) is 39.7 Å². The molecule has 0 aliphatic carbocycles. The average molecular weight is 574 g/mol. The fraction of sp³-hybridized carbons (Fsp3) is 0.250. The molecule has 186 valence electrons. The first kappa shape index (κ1) is 24.3. The highest BCUT2D eigenvalue weighted by Gasteiger charge is 2.21. The Morgan fingerprint density at radius 3 is 2.83 bits per heavy atom. The minimum atomic E-state index is -0.608. The van der Waals surface area contributed by atoms with Gasteiger partial charge in [0.25, 0.3) is 5.91 Å². The molecule has 0 radical (unpaired) electrons. The zero-order chi connectivity index (χ0) is 25.4. The van der Waals surface area contributed by atoms with E-state index in [1.807, 2.05) is 6.07 Å². The van der Waals surface area contributed by atoms with E-state index in [-0.39, 0.29) is 11.3 Å². The third kappa shape index (κ3) is 4.59. The molecule has 36 heavy (non-hydrogen) atoms. The Kier molecular flexibility index (Phi) is 6.73. The minimum absolute atomic E-state index is 0.0710. The van der Waals surface area contributed by atoms with Gasteiger partial charge in [-0.15, -0.1) is 11.3 Å². The smallest absolute Gasteiger partial charge is 0.300 e. The number of nitrogens with zero attached hydrogens (tertiary/aromatic N) is 4. The van der Waals surface area contributed by atoms with E-state index >= 15 is 0 Å². The van der Waals surface area contributed by atoms with Gasteiger partial charge in [-0.2, -0.15) is 0 Å². The Morgan fingerprint density at radius 2 is 2.08 bits per heavy atom. The second-order valence-corrected chi connectivity index (χ2v) is 10.1. The van der Waals surface area contributed by atoms with Gasteiger partial charge in [0.05, 0.1) is 23.4 Å². The molecular formula is C24H21BrFN5O4S. The van der Waals surface area contributed by atoms with Gasteiger partial charge < -0.3 is 20.1 Å². The highest BCUT2D eigenvalue weighted by atomic mass is 79.9. The van der Waals surface area contributed by atoms with E-state index in [1.54, 1.807) is 18.5 Å². The van der Waals surface area contributed by atoms with Gasteiger partial charge in [0.1, 0.15) is 16.5 Å². The molecule has 9 nitrogen and oxygen atoms in total.